The Morgan fingerprint density at radius 3 is 2.14 bits per heavy atom. The van der Waals surface area contributed by atoms with E-state index in [0.29, 0.717) is 0 Å². The molecule has 1 aliphatic rings. The van der Waals surface area contributed by atoms with E-state index in [0.717, 1.165) is 5.56 Å². The molecule has 1 amide bonds. The van der Waals surface area contributed by atoms with Gasteiger partial charge < -0.3 is 19.9 Å². The molecule has 2 N–H and O–H groups in total. The van der Waals surface area contributed by atoms with Crippen LogP contribution >= 0.6 is 23.2 Å². The van der Waals surface area contributed by atoms with Gasteiger partial charge in [-0.15, -0.1) is 0 Å². The minimum Gasteiger partial charge on any atom is -0.394 e. The van der Waals surface area contributed by atoms with Crippen molar-refractivity contribution >= 4 is 29.1 Å². The molecule has 3 rings (SSSR count). The summed E-state index contributed by atoms with van der Waals surface area (Å²) in [7, 11) is 0. The summed E-state index contributed by atoms with van der Waals surface area (Å²) in [5.41, 5.74) is 1.23. The number of carbonyl (C=O) groups excluding carboxylic acids is 1. The third-order valence-electron chi connectivity index (χ3n) is 4.94. The number of carbonyl (C=O) groups is 1. The maximum atomic E-state index is 12.7. The Bertz CT molecular complexity index is 849. The van der Waals surface area contributed by atoms with Crippen LogP contribution in [0.4, 0.5) is 0 Å². The van der Waals surface area contributed by atoms with E-state index in [9.17, 15) is 9.90 Å². The lowest BCUT2D eigenvalue weighted by atomic mass is 9.86. The Labute approximate surface area is 180 Å². The van der Waals surface area contributed by atoms with Crippen LogP contribution < -0.4 is 5.32 Å². The molecular weight excluding hydrogens is 413 g/mol. The molecule has 0 saturated carbocycles. The van der Waals surface area contributed by atoms with Gasteiger partial charge in [-0.05, 0) is 23.1 Å². The zero-order valence-corrected chi connectivity index (χ0v) is 18.2. The average Bonchev–Trinajstić information content (AvgIpc) is 2.68. The van der Waals surface area contributed by atoms with Crippen molar-refractivity contribution in [2.75, 3.05) is 19.8 Å². The Kier molecular flexibility index (Phi) is 6.56. The van der Waals surface area contributed by atoms with Crippen LogP contribution in [0.5, 0.6) is 0 Å². The van der Waals surface area contributed by atoms with Crippen molar-refractivity contribution in [3.05, 3.63) is 69.2 Å². The van der Waals surface area contributed by atoms with E-state index in [2.05, 4.69) is 38.2 Å². The molecule has 2 aromatic rings. The number of ether oxygens (including phenoxy) is 2. The fourth-order valence-corrected chi connectivity index (χ4v) is 3.68. The summed E-state index contributed by atoms with van der Waals surface area (Å²) >= 11 is 12.2. The van der Waals surface area contributed by atoms with E-state index < -0.39 is 17.7 Å². The van der Waals surface area contributed by atoms with Crippen LogP contribution in [0.3, 0.4) is 0 Å². The molecule has 29 heavy (non-hydrogen) atoms. The van der Waals surface area contributed by atoms with E-state index in [1.165, 1.54) is 5.56 Å². The van der Waals surface area contributed by atoms with Gasteiger partial charge in [-0.1, -0.05) is 74.3 Å². The van der Waals surface area contributed by atoms with Crippen LogP contribution in [0, 0.1) is 0 Å². The van der Waals surface area contributed by atoms with Crippen LogP contribution in [0.2, 0.25) is 10.0 Å². The van der Waals surface area contributed by atoms with Gasteiger partial charge in [0.15, 0.2) is 6.29 Å². The minimum atomic E-state index is -1.08. The van der Waals surface area contributed by atoms with E-state index in [-0.39, 0.29) is 40.8 Å². The molecule has 2 aromatic carbocycles. The summed E-state index contributed by atoms with van der Waals surface area (Å²) in [6.45, 7) is 6.28. The van der Waals surface area contributed by atoms with E-state index in [1.54, 1.807) is 18.2 Å². The van der Waals surface area contributed by atoms with Crippen LogP contribution in [0.1, 0.15) is 48.5 Å². The molecule has 0 aromatic heterocycles. The summed E-state index contributed by atoms with van der Waals surface area (Å²) in [5, 5.41) is 13.2. The third kappa shape index (κ3) is 4.93. The van der Waals surface area contributed by atoms with Crippen molar-refractivity contribution in [3.8, 4) is 0 Å². The number of nitrogens with one attached hydrogen (secondary N) is 1. The van der Waals surface area contributed by atoms with Gasteiger partial charge in [0, 0.05) is 5.56 Å². The highest BCUT2D eigenvalue weighted by Crippen LogP contribution is 2.30. The number of hydrogen-bond donors (Lipinski definition) is 2. The Morgan fingerprint density at radius 2 is 1.66 bits per heavy atom. The zero-order chi connectivity index (χ0) is 21.2. The van der Waals surface area contributed by atoms with Gasteiger partial charge in [-0.2, -0.15) is 0 Å². The molecule has 0 spiro atoms. The van der Waals surface area contributed by atoms with Crippen molar-refractivity contribution in [1.29, 1.82) is 0 Å². The van der Waals surface area contributed by atoms with Gasteiger partial charge in [-0.25, -0.2) is 0 Å². The van der Waals surface area contributed by atoms with Crippen LogP contribution in [-0.4, -0.2) is 36.4 Å². The van der Waals surface area contributed by atoms with Crippen molar-refractivity contribution < 1.29 is 19.4 Å². The highest BCUT2D eigenvalue weighted by molar-refractivity contribution is 6.39. The summed E-state index contributed by atoms with van der Waals surface area (Å²) in [6, 6.07) is 12.9. The summed E-state index contributed by atoms with van der Waals surface area (Å²) < 4.78 is 11.7. The first-order chi connectivity index (χ1) is 13.6. The standard InChI is InChI=1S/C22H25Cl2NO4/c1-21(2,3)15-9-7-14(8-10-15)20-28-12-22(11-26,13-29-20)25-19(27)18-16(23)5-4-6-17(18)24/h4-10,20,26H,11-13H2,1-3H3,(H,25,27). The fraction of sp³-hybridized carbons (Fsp3) is 0.409. The molecule has 0 bridgehead atoms. The highest BCUT2D eigenvalue weighted by Gasteiger charge is 2.39. The fourth-order valence-electron chi connectivity index (χ4n) is 3.11. The molecule has 1 heterocycles. The van der Waals surface area contributed by atoms with E-state index in [4.69, 9.17) is 32.7 Å². The summed E-state index contributed by atoms with van der Waals surface area (Å²) in [6.07, 6.45) is -0.565. The third-order valence-corrected chi connectivity index (χ3v) is 5.57. The minimum absolute atomic E-state index is 0.0586. The normalized spacial score (nSPS) is 22.3. The monoisotopic (exact) mass is 437 g/mol. The second kappa shape index (κ2) is 8.62. The largest absolute Gasteiger partial charge is 0.394 e. The van der Waals surface area contributed by atoms with Crippen molar-refractivity contribution in [1.82, 2.24) is 5.32 Å². The summed E-state index contributed by atoms with van der Waals surface area (Å²) in [5.74, 6) is -0.491. The van der Waals surface area contributed by atoms with Gasteiger partial charge in [0.1, 0.15) is 5.54 Å². The van der Waals surface area contributed by atoms with Gasteiger partial charge in [0.25, 0.3) is 5.91 Å². The van der Waals surface area contributed by atoms with Gasteiger partial charge in [-0.3, -0.25) is 4.79 Å². The van der Waals surface area contributed by atoms with Crippen LogP contribution in [0.15, 0.2) is 42.5 Å². The van der Waals surface area contributed by atoms with Crippen LogP contribution in [0.25, 0.3) is 0 Å². The average molecular weight is 438 g/mol. The highest BCUT2D eigenvalue weighted by atomic mass is 35.5. The number of aliphatic hydroxyl groups excluding tert-OH is 1. The molecule has 7 heteroatoms. The summed E-state index contributed by atoms with van der Waals surface area (Å²) in [4.78, 5) is 12.7. The first-order valence-corrected chi connectivity index (χ1v) is 10.1. The quantitative estimate of drug-likeness (QED) is 0.738. The molecule has 0 unspecified atom stereocenters. The number of rotatable bonds is 4. The molecule has 0 atom stereocenters. The van der Waals surface area contributed by atoms with E-state index >= 15 is 0 Å². The molecule has 1 aliphatic heterocycles. The molecule has 0 radical (unpaired) electrons. The van der Waals surface area contributed by atoms with Crippen molar-refractivity contribution in [2.24, 2.45) is 0 Å². The number of benzene rings is 2. The molecule has 0 aliphatic carbocycles. The number of aliphatic hydroxyl groups is 1. The first-order valence-electron chi connectivity index (χ1n) is 9.36. The lowest BCUT2D eigenvalue weighted by molar-refractivity contribution is -0.221. The lowest BCUT2D eigenvalue weighted by Crippen LogP contribution is -2.60. The maximum absolute atomic E-state index is 12.7. The Balaban J connectivity index is 1.69. The zero-order valence-electron chi connectivity index (χ0n) is 16.7. The second-order valence-electron chi connectivity index (χ2n) is 8.32. The SMILES string of the molecule is CC(C)(C)c1ccc(C2OCC(CO)(NC(=O)c3c(Cl)cccc3Cl)CO2)cc1. The predicted octanol–water partition coefficient (Wildman–Crippen LogP) is 4.50. The predicted molar refractivity (Wildman–Crippen MR) is 114 cm³/mol. The van der Waals surface area contributed by atoms with Crippen molar-refractivity contribution in [3.63, 3.8) is 0 Å². The molecular formula is C22H25Cl2NO4. The molecule has 156 valence electrons. The second-order valence-corrected chi connectivity index (χ2v) is 9.13. The first kappa shape index (κ1) is 22.1. The lowest BCUT2D eigenvalue weighted by Gasteiger charge is -2.39. The topological polar surface area (TPSA) is 67.8 Å². The number of halogens is 2. The van der Waals surface area contributed by atoms with Crippen LogP contribution in [-0.2, 0) is 14.9 Å². The number of hydrogen-bond acceptors (Lipinski definition) is 4. The van der Waals surface area contributed by atoms with Crippen molar-refractivity contribution in [2.45, 2.75) is 38.0 Å². The molecule has 1 saturated heterocycles. The van der Waals surface area contributed by atoms with E-state index in [1.807, 2.05) is 12.1 Å². The maximum Gasteiger partial charge on any atom is 0.254 e. The molecule has 5 nitrogen and oxygen atoms in total. The smallest absolute Gasteiger partial charge is 0.254 e. The molecule has 1 fully saturated rings. The Hall–Kier alpha value is -1.63. The van der Waals surface area contributed by atoms with Gasteiger partial charge >= 0.3 is 0 Å². The Morgan fingerprint density at radius 1 is 1.10 bits per heavy atom. The number of amides is 1. The van der Waals surface area contributed by atoms with Gasteiger partial charge in [0.2, 0.25) is 0 Å². The van der Waals surface area contributed by atoms with Gasteiger partial charge in [0.05, 0.1) is 35.4 Å².